The van der Waals surface area contributed by atoms with Crippen molar-refractivity contribution in [1.29, 1.82) is 0 Å². The Labute approximate surface area is 82.1 Å². The second-order valence-electron chi connectivity index (χ2n) is 3.36. The van der Waals surface area contributed by atoms with Crippen LogP contribution in [0.1, 0.15) is 12.8 Å². The number of nitrogens with two attached hydrogens (primary N) is 2. The molecular weight excluding hydrogens is 180 g/mol. The van der Waals surface area contributed by atoms with Crippen LogP contribution in [0.15, 0.2) is 0 Å². The van der Waals surface area contributed by atoms with E-state index in [-0.39, 0.29) is 5.95 Å². The topological polar surface area (TPSA) is 102 Å². The zero-order chi connectivity index (χ0) is 10.1. The Morgan fingerprint density at radius 3 is 2.43 bits per heavy atom. The fraction of sp³-hybridized carbons (Fsp3) is 0.500. The smallest absolute Gasteiger partial charge is 0.224 e. The highest BCUT2D eigenvalue weighted by Gasteiger charge is 2.23. The fourth-order valence-corrected chi connectivity index (χ4v) is 1.21. The molecule has 6 heteroatoms. The van der Waals surface area contributed by atoms with Gasteiger partial charge in [-0.05, 0) is 12.8 Å². The van der Waals surface area contributed by atoms with Gasteiger partial charge in [-0.2, -0.15) is 9.97 Å². The van der Waals surface area contributed by atoms with Gasteiger partial charge in [-0.1, -0.05) is 0 Å². The average molecular weight is 194 g/mol. The molecule has 1 saturated carbocycles. The minimum atomic E-state index is 0.228. The first-order valence-electron chi connectivity index (χ1n) is 4.58. The highest BCUT2D eigenvalue weighted by Crippen LogP contribution is 2.30. The van der Waals surface area contributed by atoms with Crippen molar-refractivity contribution in [2.24, 2.45) is 0 Å². The molecule has 1 fully saturated rings. The summed E-state index contributed by atoms with van der Waals surface area (Å²) in [7, 11) is 1.75. The molecule has 1 heterocycles. The molecule has 2 rings (SSSR count). The van der Waals surface area contributed by atoms with E-state index in [4.69, 9.17) is 11.5 Å². The number of nitrogen functional groups attached to an aromatic ring is 2. The summed E-state index contributed by atoms with van der Waals surface area (Å²) >= 11 is 0. The third-order valence-corrected chi connectivity index (χ3v) is 2.12. The average Bonchev–Trinajstić information content (AvgIpc) is 2.94. The van der Waals surface area contributed by atoms with Crippen LogP contribution in [0.2, 0.25) is 0 Å². The number of hydrogen-bond donors (Lipinski definition) is 4. The molecule has 1 aromatic rings. The summed E-state index contributed by atoms with van der Waals surface area (Å²) in [4.78, 5) is 8.02. The van der Waals surface area contributed by atoms with E-state index >= 15 is 0 Å². The van der Waals surface area contributed by atoms with Crippen molar-refractivity contribution in [3.8, 4) is 0 Å². The highest BCUT2D eigenvalue weighted by atomic mass is 15.2. The molecule has 0 aliphatic heterocycles. The maximum absolute atomic E-state index is 5.83. The van der Waals surface area contributed by atoms with Gasteiger partial charge in [0.2, 0.25) is 5.95 Å². The molecule has 0 atom stereocenters. The second kappa shape index (κ2) is 3.21. The van der Waals surface area contributed by atoms with Gasteiger partial charge < -0.3 is 22.1 Å². The van der Waals surface area contributed by atoms with Gasteiger partial charge in [0, 0.05) is 13.1 Å². The van der Waals surface area contributed by atoms with Crippen molar-refractivity contribution >= 4 is 23.3 Å². The number of nitrogens with one attached hydrogen (secondary N) is 2. The molecular formula is C8H14N6. The van der Waals surface area contributed by atoms with E-state index in [2.05, 4.69) is 20.6 Å². The van der Waals surface area contributed by atoms with Crippen LogP contribution < -0.4 is 22.1 Å². The first-order valence-corrected chi connectivity index (χ1v) is 4.58. The van der Waals surface area contributed by atoms with Gasteiger partial charge in [-0.3, -0.25) is 0 Å². The molecule has 0 amide bonds. The molecule has 0 aromatic carbocycles. The first kappa shape index (κ1) is 8.86. The van der Waals surface area contributed by atoms with Gasteiger partial charge in [0.1, 0.15) is 5.69 Å². The Morgan fingerprint density at radius 1 is 1.21 bits per heavy atom. The predicted octanol–water partition coefficient (Wildman–Crippen LogP) is 0.257. The van der Waals surface area contributed by atoms with E-state index in [1.54, 1.807) is 7.05 Å². The fourth-order valence-electron chi connectivity index (χ4n) is 1.21. The summed E-state index contributed by atoms with van der Waals surface area (Å²) in [6, 6.07) is 0.497. The third kappa shape index (κ3) is 1.63. The zero-order valence-electron chi connectivity index (χ0n) is 8.04. The van der Waals surface area contributed by atoms with Crippen LogP contribution in [-0.2, 0) is 0 Å². The SMILES string of the molecule is CNc1nc(N)nc(NC2CC2)c1N. The van der Waals surface area contributed by atoms with Crippen LogP contribution in [0.5, 0.6) is 0 Å². The summed E-state index contributed by atoms with van der Waals surface area (Å²) in [5.74, 6) is 1.43. The van der Waals surface area contributed by atoms with Crippen LogP contribution in [0.4, 0.5) is 23.3 Å². The summed E-state index contributed by atoms with van der Waals surface area (Å²) in [6.45, 7) is 0. The molecule has 14 heavy (non-hydrogen) atoms. The molecule has 0 saturated heterocycles. The molecule has 1 aliphatic carbocycles. The molecule has 0 spiro atoms. The Kier molecular flexibility index (Phi) is 2.03. The first-order chi connectivity index (χ1) is 6.70. The van der Waals surface area contributed by atoms with Gasteiger partial charge in [0.15, 0.2) is 11.6 Å². The van der Waals surface area contributed by atoms with E-state index in [9.17, 15) is 0 Å². The van der Waals surface area contributed by atoms with Crippen molar-refractivity contribution in [3.63, 3.8) is 0 Å². The molecule has 0 bridgehead atoms. The van der Waals surface area contributed by atoms with Gasteiger partial charge in [0.05, 0.1) is 0 Å². The summed E-state index contributed by atoms with van der Waals surface area (Å²) in [5.41, 5.74) is 11.9. The van der Waals surface area contributed by atoms with Crippen LogP contribution in [-0.4, -0.2) is 23.1 Å². The van der Waals surface area contributed by atoms with Crippen LogP contribution in [0, 0.1) is 0 Å². The number of rotatable bonds is 3. The number of hydrogen-bond acceptors (Lipinski definition) is 6. The summed E-state index contributed by atoms with van der Waals surface area (Å²) in [5, 5.41) is 6.08. The quantitative estimate of drug-likeness (QED) is 0.550. The van der Waals surface area contributed by atoms with E-state index in [0.717, 1.165) is 12.8 Å². The lowest BCUT2D eigenvalue weighted by Crippen LogP contribution is -2.11. The highest BCUT2D eigenvalue weighted by molar-refractivity contribution is 5.75. The van der Waals surface area contributed by atoms with Crippen molar-refractivity contribution in [3.05, 3.63) is 0 Å². The Hall–Kier alpha value is -1.72. The lowest BCUT2D eigenvalue weighted by Gasteiger charge is -2.10. The van der Waals surface area contributed by atoms with Crippen LogP contribution >= 0.6 is 0 Å². The maximum atomic E-state index is 5.83. The standard InChI is InChI=1S/C8H14N6/c1-11-6-5(9)7(12-4-2-3-4)14-8(10)13-6/h4H,2-3,9H2,1H3,(H4,10,11,12,13,14). The van der Waals surface area contributed by atoms with Crippen molar-refractivity contribution in [2.75, 3.05) is 29.1 Å². The number of nitrogens with zero attached hydrogens (tertiary/aromatic N) is 2. The Morgan fingerprint density at radius 2 is 1.86 bits per heavy atom. The lowest BCUT2D eigenvalue weighted by atomic mass is 10.4. The molecule has 0 unspecified atom stereocenters. The number of anilines is 4. The maximum Gasteiger partial charge on any atom is 0.224 e. The number of aromatic nitrogens is 2. The molecule has 1 aromatic heterocycles. The van der Waals surface area contributed by atoms with Gasteiger partial charge in [0.25, 0.3) is 0 Å². The normalized spacial score (nSPS) is 15.2. The van der Waals surface area contributed by atoms with Gasteiger partial charge >= 0.3 is 0 Å². The van der Waals surface area contributed by atoms with E-state index < -0.39 is 0 Å². The van der Waals surface area contributed by atoms with Gasteiger partial charge in [-0.15, -0.1) is 0 Å². The largest absolute Gasteiger partial charge is 0.393 e. The Bertz CT molecular complexity index is 346. The second-order valence-corrected chi connectivity index (χ2v) is 3.36. The van der Waals surface area contributed by atoms with Crippen LogP contribution in [0.3, 0.4) is 0 Å². The molecule has 6 nitrogen and oxygen atoms in total. The van der Waals surface area contributed by atoms with E-state index in [1.807, 2.05) is 0 Å². The molecule has 6 N–H and O–H groups in total. The van der Waals surface area contributed by atoms with E-state index in [1.165, 1.54) is 0 Å². The Balaban J connectivity index is 2.31. The van der Waals surface area contributed by atoms with Crippen molar-refractivity contribution in [2.45, 2.75) is 18.9 Å². The minimum absolute atomic E-state index is 0.228. The zero-order valence-corrected chi connectivity index (χ0v) is 8.04. The molecule has 1 aliphatic rings. The lowest BCUT2D eigenvalue weighted by molar-refractivity contribution is 1.09. The summed E-state index contributed by atoms with van der Waals surface area (Å²) < 4.78 is 0. The van der Waals surface area contributed by atoms with E-state index in [0.29, 0.717) is 23.4 Å². The summed E-state index contributed by atoms with van der Waals surface area (Å²) in [6.07, 6.45) is 2.33. The molecule has 76 valence electrons. The molecule has 0 radical (unpaired) electrons. The predicted molar refractivity (Wildman–Crippen MR) is 57.0 cm³/mol. The van der Waals surface area contributed by atoms with Crippen molar-refractivity contribution < 1.29 is 0 Å². The third-order valence-electron chi connectivity index (χ3n) is 2.12. The van der Waals surface area contributed by atoms with Crippen molar-refractivity contribution in [1.82, 2.24) is 9.97 Å². The van der Waals surface area contributed by atoms with Crippen LogP contribution in [0.25, 0.3) is 0 Å². The van der Waals surface area contributed by atoms with Gasteiger partial charge in [-0.25, -0.2) is 0 Å². The monoisotopic (exact) mass is 194 g/mol. The minimum Gasteiger partial charge on any atom is -0.393 e.